The van der Waals surface area contributed by atoms with E-state index in [9.17, 15) is 0 Å². The number of piperazine rings is 1. The average molecular weight is 343 g/mol. The van der Waals surface area contributed by atoms with Gasteiger partial charge >= 0.3 is 0 Å². The number of hydrogen-bond acceptors (Lipinski definition) is 5. The lowest BCUT2D eigenvalue weighted by molar-refractivity contribution is 0.108. The van der Waals surface area contributed by atoms with Crippen molar-refractivity contribution in [2.75, 3.05) is 46.1 Å². The summed E-state index contributed by atoms with van der Waals surface area (Å²) < 4.78 is 11.8. The Bertz CT molecular complexity index is 476. The van der Waals surface area contributed by atoms with Crippen LogP contribution in [0.5, 0.6) is 11.5 Å². The molecule has 6 heteroatoms. The summed E-state index contributed by atoms with van der Waals surface area (Å²) in [5, 5.41) is 8.95. The van der Waals surface area contributed by atoms with Gasteiger partial charge in [0.05, 0.1) is 11.1 Å². The van der Waals surface area contributed by atoms with E-state index in [0.717, 1.165) is 55.2 Å². The Morgan fingerprint density at radius 1 is 1.10 bits per heavy atom. The molecule has 20 heavy (non-hydrogen) atoms. The van der Waals surface area contributed by atoms with Crippen molar-refractivity contribution in [2.45, 2.75) is 6.54 Å². The van der Waals surface area contributed by atoms with Crippen LogP contribution in [0.25, 0.3) is 0 Å². The quantitative estimate of drug-likeness (QED) is 0.893. The molecule has 0 atom stereocenters. The van der Waals surface area contributed by atoms with Gasteiger partial charge in [-0.05, 0) is 33.6 Å². The molecule has 2 aliphatic rings. The van der Waals surface area contributed by atoms with Crippen LogP contribution in [0.4, 0.5) is 0 Å². The third-order valence-corrected chi connectivity index (χ3v) is 4.36. The minimum Gasteiger partial charge on any atom is -0.454 e. The van der Waals surface area contributed by atoms with Gasteiger partial charge in [-0.25, -0.2) is 0 Å². The number of hydrogen-bond donors (Lipinski definition) is 1. The summed E-state index contributed by atoms with van der Waals surface area (Å²) in [6, 6.07) is 4.17. The molecule has 0 radical (unpaired) electrons. The fourth-order valence-corrected chi connectivity index (χ4v) is 3.29. The molecule has 1 fully saturated rings. The van der Waals surface area contributed by atoms with Gasteiger partial charge in [0.25, 0.3) is 0 Å². The van der Waals surface area contributed by atoms with Gasteiger partial charge in [0, 0.05) is 39.3 Å². The maximum absolute atomic E-state index is 8.95. The predicted molar refractivity (Wildman–Crippen MR) is 79.1 cm³/mol. The molecule has 0 spiro atoms. The number of ether oxygens (including phenoxy) is 2. The average Bonchev–Trinajstić information content (AvgIpc) is 2.90. The van der Waals surface area contributed by atoms with E-state index in [-0.39, 0.29) is 6.61 Å². The number of halogens is 1. The Balaban J connectivity index is 1.60. The van der Waals surface area contributed by atoms with E-state index in [4.69, 9.17) is 14.6 Å². The van der Waals surface area contributed by atoms with Gasteiger partial charge in [0.2, 0.25) is 6.79 Å². The molecule has 0 amide bonds. The van der Waals surface area contributed by atoms with Crippen LogP contribution in [0.1, 0.15) is 5.56 Å². The SMILES string of the molecule is OCCN1CCN(Cc2cc(Br)c3c(c2)OCO3)CC1. The second-order valence-electron chi connectivity index (χ2n) is 5.15. The maximum Gasteiger partial charge on any atom is 0.231 e. The van der Waals surface area contributed by atoms with Crippen molar-refractivity contribution < 1.29 is 14.6 Å². The van der Waals surface area contributed by atoms with Gasteiger partial charge in [0.15, 0.2) is 11.5 Å². The van der Waals surface area contributed by atoms with Crippen LogP contribution in [0.15, 0.2) is 16.6 Å². The minimum atomic E-state index is 0.245. The minimum absolute atomic E-state index is 0.245. The highest BCUT2D eigenvalue weighted by Crippen LogP contribution is 2.40. The van der Waals surface area contributed by atoms with Crippen molar-refractivity contribution in [2.24, 2.45) is 0 Å². The van der Waals surface area contributed by atoms with Crippen molar-refractivity contribution >= 4 is 15.9 Å². The molecule has 1 aromatic carbocycles. The Hall–Kier alpha value is -0.820. The standard InChI is InChI=1S/C14H19BrN2O3/c15-12-7-11(8-13-14(12)20-10-19-13)9-17-3-1-16(2-4-17)5-6-18/h7-8,18H,1-6,9-10H2. The molecule has 0 bridgehead atoms. The molecule has 1 saturated heterocycles. The smallest absolute Gasteiger partial charge is 0.231 e. The largest absolute Gasteiger partial charge is 0.454 e. The van der Waals surface area contributed by atoms with E-state index in [1.807, 2.05) is 0 Å². The first-order chi connectivity index (χ1) is 9.76. The summed E-state index contributed by atoms with van der Waals surface area (Å²) >= 11 is 3.53. The van der Waals surface area contributed by atoms with Gasteiger partial charge in [-0.1, -0.05) is 0 Å². The van der Waals surface area contributed by atoms with E-state index < -0.39 is 0 Å². The first-order valence-electron chi connectivity index (χ1n) is 6.90. The molecule has 2 heterocycles. The topological polar surface area (TPSA) is 45.2 Å². The number of rotatable bonds is 4. The van der Waals surface area contributed by atoms with Crippen molar-refractivity contribution in [3.8, 4) is 11.5 Å². The second-order valence-corrected chi connectivity index (χ2v) is 6.01. The van der Waals surface area contributed by atoms with Gasteiger partial charge in [-0.2, -0.15) is 0 Å². The molecule has 1 N–H and O–H groups in total. The summed E-state index contributed by atoms with van der Waals surface area (Å²) in [6.45, 7) is 6.36. The summed E-state index contributed by atoms with van der Waals surface area (Å²) in [5.74, 6) is 1.63. The summed E-state index contributed by atoms with van der Waals surface area (Å²) in [6.07, 6.45) is 0. The molecule has 2 aliphatic heterocycles. The zero-order valence-electron chi connectivity index (χ0n) is 11.3. The third kappa shape index (κ3) is 3.09. The number of aliphatic hydroxyl groups is 1. The molecule has 0 aromatic heterocycles. The van der Waals surface area contributed by atoms with E-state index in [0.29, 0.717) is 6.79 Å². The fourth-order valence-electron chi connectivity index (χ4n) is 2.68. The molecule has 0 unspecified atom stereocenters. The summed E-state index contributed by atoms with van der Waals surface area (Å²) in [7, 11) is 0. The fraction of sp³-hybridized carbons (Fsp3) is 0.571. The first kappa shape index (κ1) is 14.1. The number of benzene rings is 1. The highest BCUT2D eigenvalue weighted by molar-refractivity contribution is 9.10. The third-order valence-electron chi connectivity index (χ3n) is 3.77. The number of β-amino-alcohol motifs (C(OH)–C–C–N with tert-alkyl or cyclic N) is 1. The van der Waals surface area contributed by atoms with Crippen LogP contribution in [0, 0.1) is 0 Å². The van der Waals surface area contributed by atoms with E-state index in [1.54, 1.807) is 0 Å². The van der Waals surface area contributed by atoms with Crippen molar-refractivity contribution in [3.63, 3.8) is 0 Å². The van der Waals surface area contributed by atoms with Gasteiger partial charge in [0.1, 0.15) is 0 Å². The van der Waals surface area contributed by atoms with E-state index in [2.05, 4.69) is 37.9 Å². The van der Waals surface area contributed by atoms with Gasteiger partial charge in [-0.3, -0.25) is 9.80 Å². The molecule has 0 aliphatic carbocycles. The van der Waals surface area contributed by atoms with Crippen molar-refractivity contribution in [1.82, 2.24) is 9.80 Å². The Kier molecular flexibility index (Phi) is 4.45. The summed E-state index contributed by atoms with van der Waals surface area (Å²) in [5.41, 5.74) is 1.23. The van der Waals surface area contributed by atoms with E-state index >= 15 is 0 Å². The van der Waals surface area contributed by atoms with Crippen molar-refractivity contribution in [1.29, 1.82) is 0 Å². The van der Waals surface area contributed by atoms with Crippen molar-refractivity contribution in [3.05, 3.63) is 22.2 Å². The highest BCUT2D eigenvalue weighted by Gasteiger charge is 2.20. The number of aliphatic hydroxyl groups excluding tert-OH is 1. The molecule has 0 saturated carbocycles. The lowest BCUT2D eigenvalue weighted by Gasteiger charge is -2.34. The number of fused-ring (bicyclic) bond motifs is 1. The molecule has 5 nitrogen and oxygen atoms in total. The van der Waals surface area contributed by atoms with Crippen LogP contribution in [0.2, 0.25) is 0 Å². The monoisotopic (exact) mass is 342 g/mol. The maximum atomic E-state index is 8.95. The zero-order chi connectivity index (χ0) is 13.9. The predicted octanol–water partition coefficient (Wildman–Crippen LogP) is 1.29. The lowest BCUT2D eigenvalue weighted by atomic mass is 10.1. The first-order valence-corrected chi connectivity index (χ1v) is 7.69. The van der Waals surface area contributed by atoms with Crippen LogP contribution >= 0.6 is 15.9 Å². The number of nitrogens with zero attached hydrogens (tertiary/aromatic N) is 2. The highest BCUT2D eigenvalue weighted by atomic mass is 79.9. The Morgan fingerprint density at radius 2 is 1.85 bits per heavy atom. The summed E-state index contributed by atoms with van der Waals surface area (Å²) in [4.78, 5) is 4.73. The van der Waals surface area contributed by atoms with Gasteiger partial charge in [-0.15, -0.1) is 0 Å². The molecule has 3 rings (SSSR count). The molecular formula is C14H19BrN2O3. The molecule has 1 aromatic rings. The van der Waals surface area contributed by atoms with Gasteiger partial charge < -0.3 is 14.6 Å². The Labute approximate surface area is 127 Å². The second kappa shape index (κ2) is 6.30. The van der Waals surface area contributed by atoms with Crippen LogP contribution < -0.4 is 9.47 Å². The Morgan fingerprint density at radius 3 is 2.60 bits per heavy atom. The van der Waals surface area contributed by atoms with Crippen LogP contribution in [-0.4, -0.2) is 61.0 Å². The lowest BCUT2D eigenvalue weighted by Crippen LogP contribution is -2.46. The normalized spacial score (nSPS) is 19.5. The molecule has 110 valence electrons. The van der Waals surface area contributed by atoms with Crippen LogP contribution in [-0.2, 0) is 6.54 Å². The zero-order valence-corrected chi connectivity index (χ0v) is 12.9. The molecular weight excluding hydrogens is 324 g/mol. The van der Waals surface area contributed by atoms with Crippen LogP contribution in [0.3, 0.4) is 0 Å². The van der Waals surface area contributed by atoms with E-state index in [1.165, 1.54) is 5.56 Å².